The van der Waals surface area contributed by atoms with E-state index in [1.807, 2.05) is 37.3 Å². The Morgan fingerprint density at radius 2 is 2.04 bits per heavy atom. The van der Waals surface area contributed by atoms with E-state index in [-0.39, 0.29) is 24.5 Å². The van der Waals surface area contributed by atoms with Crippen LogP contribution in [0.25, 0.3) is 5.69 Å². The number of aliphatic carboxylic acids is 1. The van der Waals surface area contributed by atoms with Gasteiger partial charge in [-0.15, -0.1) is 0 Å². The number of carbonyl (C=O) groups is 2. The number of nitrogens with zero attached hydrogens (tertiary/aromatic N) is 3. The van der Waals surface area contributed by atoms with Crippen molar-refractivity contribution in [1.82, 2.24) is 14.7 Å². The third kappa shape index (κ3) is 3.56. The number of hydrogen-bond acceptors (Lipinski definition) is 4. The van der Waals surface area contributed by atoms with E-state index in [0.717, 1.165) is 11.4 Å². The summed E-state index contributed by atoms with van der Waals surface area (Å²) in [5.41, 5.74) is 2.03. The van der Waals surface area contributed by atoms with Crippen LogP contribution in [0.1, 0.15) is 29.0 Å². The molecule has 0 spiro atoms. The number of benzene rings is 1. The summed E-state index contributed by atoms with van der Waals surface area (Å²) >= 11 is 0. The van der Waals surface area contributed by atoms with Gasteiger partial charge in [0.05, 0.1) is 18.2 Å². The fourth-order valence-electron chi connectivity index (χ4n) is 3.24. The maximum Gasteiger partial charge on any atom is 0.305 e. The van der Waals surface area contributed by atoms with Gasteiger partial charge in [0.1, 0.15) is 0 Å². The van der Waals surface area contributed by atoms with Crippen LogP contribution in [0.2, 0.25) is 0 Å². The molecule has 1 aliphatic heterocycles. The second-order valence-corrected chi connectivity index (χ2v) is 6.22. The minimum Gasteiger partial charge on any atom is -0.481 e. The van der Waals surface area contributed by atoms with Crippen LogP contribution in [0.3, 0.4) is 0 Å². The molecule has 2 atom stereocenters. The van der Waals surface area contributed by atoms with Crippen molar-refractivity contribution in [3.8, 4) is 5.69 Å². The van der Waals surface area contributed by atoms with Crippen molar-refractivity contribution in [2.75, 3.05) is 13.7 Å². The summed E-state index contributed by atoms with van der Waals surface area (Å²) in [4.78, 5) is 25.6. The highest BCUT2D eigenvalue weighted by Crippen LogP contribution is 2.25. The van der Waals surface area contributed by atoms with Gasteiger partial charge in [-0.1, -0.05) is 18.2 Å². The van der Waals surface area contributed by atoms with Gasteiger partial charge in [-0.05, 0) is 31.5 Å². The molecule has 1 saturated heterocycles. The van der Waals surface area contributed by atoms with E-state index < -0.39 is 5.97 Å². The number of carboxylic acids is 1. The SMILES string of the molecule is COC1CC(CC(=O)O)N(C(=O)c2cc(C)n(-c3ccccc3)n2)C1. The molecule has 3 rings (SSSR count). The van der Waals surface area contributed by atoms with Crippen molar-refractivity contribution in [3.63, 3.8) is 0 Å². The number of rotatable bonds is 5. The fraction of sp³-hybridized carbons (Fsp3) is 0.389. The molecule has 1 aromatic heterocycles. The van der Waals surface area contributed by atoms with Crippen LogP contribution >= 0.6 is 0 Å². The first-order valence-electron chi connectivity index (χ1n) is 8.17. The van der Waals surface area contributed by atoms with Crippen molar-refractivity contribution in [2.45, 2.75) is 31.9 Å². The first kappa shape index (κ1) is 17.2. The van der Waals surface area contributed by atoms with Gasteiger partial charge < -0.3 is 14.7 Å². The third-order valence-corrected chi connectivity index (χ3v) is 4.49. The average molecular weight is 343 g/mol. The Balaban J connectivity index is 1.86. The highest BCUT2D eigenvalue weighted by Gasteiger charge is 2.37. The van der Waals surface area contributed by atoms with Crippen molar-refractivity contribution in [1.29, 1.82) is 0 Å². The Labute approximate surface area is 145 Å². The summed E-state index contributed by atoms with van der Waals surface area (Å²) < 4.78 is 7.04. The lowest BCUT2D eigenvalue weighted by Gasteiger charge is -2.22. The molecule has 7 heteroatoms. The van der Waals surface area contributed by atoms with Crippen molar-refractivity contribution < 1.29 is 19.4 Å². The zero-order valence-corrected chi connectivity index (χ0v) is 14.3. The molecule has 1 amide bonds. The van der Waals surface area contributed by atoms with Gasteiger partial charge in [-0.2, -0.15) is 5.10 Å². The number of amides is 1. The van der Waals surface area contributed by atoms with E-state index in [1.165, 1.54) is 0 Å². The lowest BCUT2D eigenvalue weighted by atomic mass is 10.1. The van der Waals surface area contributed by atoms with E-state index in [1.54, 1.807) is 22.8 Å². The summed E-state index contributed by atoms with van der Waals surface area (Å²) in [5, 5.41) is 13.5. The molecule has 0 saturated carbocycles. The van der Waals surface area contributed by atoms with E-state index in [4.69, 9.17) is 9.84 Å². The van der Waals surface area contributed by atoms with E-state index in [2.05, 4.69) is 5.10 Å². The van der Waals surface area contributed by atoms with Gasteiger partial charge in [-0.3, -0.25) is 9.59 Å². The Kier molecular flexibility index (Phi) is 4.85. The summed E-state index contributed by atoms with van der Waals surface area (Å²) in [6.45, 7) is 2.26. The second kappa shape index (κ2) is 7.06. The van der Waals surface area contributed by atoms with Crippen molar-refractivity contribution in [3.05, 3.63) is 47.8 Å². The van der Waals surface area contributed by atoms with Crippen LogP contribution in [-0.2, 0) is 9.53 Å². The fourth-order valence-corrected chi connectivity index (χ4v) is 3.24. The predicted octanol–water partition coefficient (Wildman–Crippen LogP) is 1.88. The largest absolute Gasteiger partial charge is 0.481 e. The van der Waals surface area contributed by atoms with Crippen LogP contribution in [0.4, 0.5) is 0 Å². The van der Waals surface area contributed by atoms with Gasteiger partial charge in [-0.25, -0.2) is 4.68 Å². The lowest BCUT2D eigenvalue weighted by Crippen LogP contribution is -2.37. The van der Waals surface area contributed by atoms with Crippen LogP contribution in [0, 0.1) is 6.92 Å². The molecule has 2 heterocycles. The van der Waals surface area contributed by atoms with Crippen LogP contribution in [-0.4, -0.2) is 57.5 Å². The van der Waals surface area contributed by atoms with Crippen LogP contribution in [0.5, 0.6) is 0 Å². The van der Waals surface area contributed by atoms with E-state index in [9.17, 15) is 9.59 Å². The van der Waals surface area contributed by atoms with Gasteiger partial charge in [0.15, 0.2) is 5.69 Å². The molecule has 0 radical (unpaired) electrons. The molecule has 0 bridgehead atoms. The molecule has 0 aliphatic carbocycles. The molecule has 132 valence electrons. The van der Waals surface area contributed by atoms with Gasteiger partial charge >= 0.3 is 5.97 Å². The normalized spacial score (nSPS) is 20.0. The minimum absolute atomic E-state index is 0.0933. The average Bonchev–Trinajstić information content (AvgIpc) is 3.18. The molecule has 2 unspecified atom stereocenters. The topological polar surface area (TPSA) is 84.7 Å². The van der Waals surface area contributed by atoms with Crippen LogP contribution < -0.4 is 0 Å². The molecule has 1 aromatic carbocycles. The van der Waals surface area contributed by atoms with Gasteiger partial charge in [0.2, 0.25) is 0 Å². The number of methoxy groups -OCH3 is 1. The lowest BCUT2D eigenvalue weighted by molar-refractivity contribution is -0.138. The number of likely N-dealkylation sites (tertiary alicyclic amines) is 1. The Hall–Kier alpha value is -2.67. The first-order chi connectivity index (χ1) is 12.0. The predicted molar refractivity (Wildman–Crippen MR) is 90.8 cm³/mol. The molecule has 1 aliphatic rings. The number of carboxylic acid groups (broad SMARTS) is 1. The molecule has 1 fully saturated rings. The first-order valence-corrected chi connectivity index (χ1v) is 8.17. The summed E-state index contributed by atoms with van der Waals surface area (Å²) in [7, 11) is 1.57. The van der Waals surface area contributed by atoms with Gasteiger partial charge in [0, 0.05) is 25.4 Å². The summed E-state index contributed by atoms with van der Waals surface area (Å²) in [5.74, 6) is -1.19. The quantitative estimate of drug-likeness (QED) is 0.896. The number of aromatic nitrogens is 2. The van der Waals surface area contributed by atoms with E-state index in [0.29, 0.717) is 18.7 Å². The van der Waals surface area contributed by atoms with Crippen LogP contribution in [0.15, 0.2) is 36.4 Å². The molecule has 1 N–H and O–H groups in total. The monoisotopic (exact) mass is 343 g/mol. The number of hydrogen-bond donors (Lipinski definition) is 1. The third-order valence-electron chi connectivity index (χ3n) is 4.49. The Morgan fingerprint density at radius 3 is 2.68 bits per heavy atom. The minimum atomic E-state index is -0.925. The van der Waals surface area contributed by atoms with Crippen molar-refractivity contribution in [2.24, 2.45) is 0 Å². The number of ether oxygens (including phenoxy) is 1. The number of aryl methyl sites for hydroxylation is 1. The summed E-state index contributed by atoms with van der Waals surface area (Å²) in [6, 6.07) is 10.9. The molecular weight excluding hydrogens is 322 g/mol. The number of carbonyl (C=O) groups excluding carboxylic acids is 1. The Morgan fingerprint density at radius 1 is 1.32 bits per heavy atom. The molecule has 2 aromatic rings. The highest BCUT2D eigenvalue weighted by molar-refractivity contribution is 5.93. The maximum absolute atomic E-state index is 12.9. The molecular formula is C18H21N3O4. The molecule has 25 heavy (non-hydrogen) atoms. The number of para-hydroxylation sites is 1. The molecule has 7 nitrogen and oxygen atoms in total. The highest BCUT2D eigenvalue weighted by atomic mass is 16.5. The standard InChI is InChI=1S/C18H21N3O4/c1-12-8-16(19-21(12)13-6-4-3-5-7-13)18(24)20-11-15(25-2)9-14(20)10-17(22)23/h3-8,14-15H,9-11H2,1-2H3,(H,22,23). The smallest absolute Gasteiger partial charge is 0.305 e. The summed E-state index contributed by atoms with van der Waals surface area (Å²) in [6.07, 6.45) is 0.280. The maximum atomic E-state index is 12.9. The van der Waals surface area contributed by atoms with Crippen molar-refractivity contribution >= 4 is 11.9 Å². The zero-order valence-electron chi connectivity index (χ0n) is 14.3. The second-order valence-electron chi connectivity index (χ2n) is 6.22. The Bertz CT molecular complexity index is 772. The zero-order chi connectivity index (χ0) is 18.0. The van der Waals surface area contributed by atoms with E-state index >= 15 is 0 Å². The van der Waals surface area contributed by atoms with Gasteiger partial charge in [0.25, 0.3) is 5.91 Å².